The van der Waals surface area contributed by atoms with Crippen LogP contribution in [0.4, 0.5) is 11.4 Å². The van der Waals surface area contributed by atoms with E-state index in [9.17, 15) is 9.59 Å². The zero-order valence-electron chi connectivity index (χ0n) is 12.4. The molecule has 0 saturated heterocycles. The summed E-state index contributed by atoms with van der Waals surface area (Å²) in [5.74, 6) is 0.277. The van der Waals surface area contributed by atoms with Gasteiger partial charge in [-0.1, -0.05) is 15.9 Å². The zero-order valence-corrected chi connectivity index (χ0v) is 14.0. The number of rotatable bonds is 5. The quantitative estimate of drug-likeness (QED) is 0.753. The van der Waals surface area contributed by atoms with Gasteiger partial charge in [-0.25, -0.2) is 0 Å². The Balaban J connectivity index is 2.41. The van der Waals surface area contributed by atoms with Crippen LogP contribution in [-0.2, 0) is 9.59 Å². The molecule has 0 fully saturated rings. The zero-order chi connectivity index (χ0) is 16.1. The molecule has 0 spiro atoms. The molecule has 114 valence electrons. The molecule has 5 heteroatoms. The van der Waals surface area contributed by atoms with Crippen LogP contribution in [0.25, 0.3) is 0 Å². The maximum atomic E-state index is 12.5. The third kappa shape index (κ3) is 3.95. The number of hydrogen-bond donors (Lipinski definition) is 0. The molecular formula is C17H16BrNO3. The average molecular weight is 362 g/mol. The van der Waals surface area contributed by atoms with Crippen LogP contribution in [0.2, 0.25) is 0 Å². The molecule has 22 heavy (non-hydrogen) atoms. The number of ether oxygens (including phenoxy) is 1. The van der Waals surface area contributed by atoms with E-state index >= 15 is 0 Å². The third-order valence-corrected chi connectivity index (χ3v) is 3.59. The van der Waals surface area contributed by atoms with Crippen LogP contribution in [0, 0.1) is 0 Å². The first-order valence-electron chi connectivity index (χ1n) is 6.73. The minimum Gasteiger partial charge on any atom is -0.497 e. The monoisotopic (exact) mass is 361 g/mol. The third-order valence-electron chi connectivity index (χ3n) is 3.07. The van der Waals surface area contributed by atoms with Crippen molar-refractivity contribution in [1.29, 1.82) is 0 Å². The van der Waals surface area contributed by atoms with Crippen LogP contribution in [0.15, 0.2) is 53.0 Å². The minimum atomic E-state index is -0.264. The first kappa shape index (κ1) is 16.2. The molecule has 0 bridgehead atoms. The lowest BCUT2D eigenvalue weighted by Gasteiger charge is -2.23. The van der Waals surface area contributed by atoms with Crippen molar-refractivity contribution in [3.8, 4) is 5.75 Å². The smallest absolute Gasteiger partial charge is 0.238 e. The summed E-state index contributed by atoms with van der Waals surface area (Å²) in [6, 6.07) is 14.5. The van der Waals surface area contributed by atoms with E-state index < -0.39 is 0 Å². The van der Waals surface area contributed by atoms with Gasteiger partial charge in [0, 0.05) is 15.8 Å². The van der Waals surface area contributed by atoms with Crippen molar-refractivity contribution in [3.63, 3.8) is 0 Å². The second-order valence-electron chi connectivity index (χ2n) is 4.78. The lowest BCUT2D eigenvalue weighted by molar-refractivity contribution is -0.125. The molecular weight excluding hydrogens is 346 g/mol. The molecule has 1 amide bonds. The normalized spacial score (nSPS) is 10.1. The summed E-state index contributed by atoms with van der Waals surface area (Å²) in [7, 11) is 1.59. The summed E-state index contributed by atoms with van der Waals surface area (Å²) < 4.78 is 6.05. The number of anilines is 2. The van der Waals surface area contributed by atoms with Crippen molar-refractivity contribution in [3.05, 3.63) is 53.0 Å². The fraction of sp³-hybridized carbons (Fsp3) is 0.176. The van der Waals surface area contributed by atoms with Crippen molar-refractivity contribution >= 4 is 39.0 Å². The largest absolute Gasteiger partial charge is 0.497 e. The fourth-order valence-corrected chi connectivity index (χ4v) is 2.31. The molecule has 0 atom stereocenters. The number of hydrogen-bond acceptors (Lipinski definition) is 3. The van der Waals surface area contributed by atoms with Crippen molar-refractivity contribution in [2.75, 3.05) is 12.0 Å². The van der Waals surface area contributed by atoms with E-state index in [2.05, 4.69) is 15.9 Å². The Kier molecular flexibility index (Phi) is 5.33. The number of halogens is 1. The highest BCUT2D eigenvalue weighted by Gasteiger charge is 2.19. The molecule has 0 aliphatic heterocycles. The van der Waals surface area contributed by atoms with E-state index in [-0.39, 0.29) is 18.1 Å². The summed E-state index contributed by atoms with van der Waals surface area (Å²) in [6.45, 7) is 1.41. The van der Waals surface area contributed by atoms with E-state index in [1.165, 1.54) is 11.8 Å². The van der Waals surface area contributed by atoms with E-state index in [1.54, 1.807) is 31.4 Å². The van der Waals surface area contributed by atoms with Gasteiger partial charge in [0.25, 0.3) is 0 Å². The Bertz CT molecular complexity index is 665. The predicted molar refractivity (Wildman–Crippen MR) is 89.6 cm³/mol. The molecule has 0 saturated carbocycles. The molecule has 2 aromatic rings. The van der Waals surface area contributed by atoms with Crippen LogP contribution in [0.3, 0.4) is 0 Å². The molecule has 0 unspecified atom stereocenters. The van der Waals surface area contributed by atoms with Crippen LogP contribution in [-0.4, -0.2) is 18.8 Å². The highest BCUT2D eigenvalue weighted by atomic mass is 79.9. The van der Waals surface area contributed by atoms with Gasteiger partial charge in [-0.2, -0.15) is 0 Å². The van der Waals surface area contributed by atoms with E-state index in [0.29, 0.717) is 17.1 Å². The number of Topliss-reactive ketones (excluding diaryl/α,β-unsaturated/α-hetero) is 1. The molecule has 4 nitrogen and oxygen atoms in total. The van der Waals surface area contributed by atoms with Gasteiger partial charge in [0.05, 0.1) is 13.5 Å². The molecule has 0 N–H and O–H groups in total. The van der Waals surface area contributed by atoms with Gasteiger partial charge in [0.1, 0.15) is 11.5 Å². The first-order chi connectivity index (χ1) is 10.5. The topological polar surface area (TPSA) is 46.6 Å². The van der Waals surface area contributed by atoms with E-state index in [0.717, 1.165) is 4.47 Å². The first-order valence-corrected chi connectivity index (χ1v) is 7.52. The number of benzene rings is 2. The van der Waals surface area contributed by atoms with Gasteiger partial charge in [0.2, 0.25) is 5.91 Å². The highest BCUT2D eigenvalue weighted by Crippen LogP contribution is 2.29. The van der Waals surface area contributed by atoms with E-state index in [4.69, 9.17) is 4.74 Å². The van der Waals surface area contributed by atoms with Crippen molar-refractivity contribution in [1.82, 2.24) is 0 Å². The number of carbonyl (C=O) groups excluding carboxylic acids is 2. The van der Waals surface area contributed by atoms with Gasteiger partial charge in [0.15, 0.2) is 0 Å². The Labute approximate surface area is 137 Å². The lowest BCUT2D eigenvalue weighted by atomic mass is 10.2. The highest BCUT2D eigenvalue weighted by molar-refractivity contribution is 9.10. The minimum absolute atomic E-state index is 0.137. The standard InChI is InChI=1S/C17H16BrNO3/c1-12(20)11-17(21)19(14-5-3-13(18)4-6-14)15-7-9-16(22-2)10-8-15/h3-10H,11H2,1-2H3. The number of amides is 1. The summed E-state index contributed by atoms with van der Waals surface area (Å²) in [4.78, 5) is 25.3. The van der Waals surface area contributed by atoms with Crippen LogP contribution in [0.1, 0.15) is 13.3 Å². The summed E-state index contributed by atoms with van der Waals surface area (Å²) in [5, 5.41) is 0. The maximum absolute atomic E-state index is 12.5. The summed E-state index contributed by atoms with van der Waals surface area (Å²) >= 11 is 3.37. The van der Waals surface area contributed by atoms with Gasteiger partial charge in [-0.3, -0.25) is 14.5 Å². The van der Waals surface area contributed by atoms with Crippen molar-refractivity contribution in [2.45, 2.75) is 13.3 Å². The van der Waals surface area contributed by atoms with Gasteiger partial charge in [-0.05, 0) is 55.5 Å². The number of carbonyl (C=O) groups is 2. The Morgan fingerprint density at radius 1 is 1.00 bits per heavy atom. The SMILES string of the molecule is COc1ccc(N(C(=O)CC(C)=O)c2ccc(Br)cc2)cc1. The number of ketones is 1. The summed E-state index contributed by atoms with van der Waals surface area (Å²) in [5.41, 5.74) is 1.40. The molecule has 0 aliphatic carbocycles. The molecule has 0 heterocycles. The van der Waals surface area contributed by atoms with E-state index in [1.807, 2.05) is 24.3 Å². The lowest BCUT2D eigenvalue weighted by Crippen LogP contribution is -2.27. The number of methoxy groups -OCH3 is 1. The average Bonchev–Trinajstić information content (AvgIpc) is 2.49. The van der Waals surface area contributed by atoms with Crippen molar-refractivity contribution in [2.24, 2.45) is 0 Å². The van der Waals surface area contributed by atoms with Gasteiger partial charge >= 0.3 is 0 Å². The summed E-state index contributed by atoms with van der Waals surface area (Å²) in [6.07, 6.45) is -0.137. The Hall–Kier alpha value is -2.14. The van der Waals surface area contributed by atoms with Crippen molar-refractivity contribution < 1.29 is 14.3 Å². The second-order valence-corrected chi connectivity index (χ2v) is 5.70. The van der Waals surface area contributed by atoms with Crippen LogP contribution in [0.5, 0.6) is 5.75 Å². The molecule has 2 rings (SSSR count). The van der Waals surface area contributed by atoms with Crippen LogP contribution < -0.4 is 9.64 Å². The Morgan fingerprint density at radius 3 is 1.95 bits per heavy atom. The maximum Gasteiger partial charge on any atom is 0.238 e. The predicted octanol–water partition coefficient (Wildman–Crippen LogP) is 4.10. The Morgan fingerprint density at radius 2 is 1.50 bits per heavy atom. The fourth-order valence-electron chi connectivity index (χ4n) is 2.05. The molecule has 0 aromatic heterocycles. The van der Waals surface area contributed by atoms with Gasteiger partial charge < -0.3 is 4.74 Å². The van der Waals surface area contributed by atoms with Gasteiger partial charge in [-0.15, -0.1) is 0 Å². The number of nitrogens with zero attached hydrogens (tertiary/aromatic N) is 1. The molecule has 0 radical (unpaired) electrons. The van der Waals surface area contributed by atoms with Crippen LogP contribution >= 0.6 is 15.9 Å². The second kappa shape index (κ2) is 7.22. The molecule has 2 aromatic carbocycles. The molecule has 0 aliphatic rings.